The fourth-order valence-electron chi connectivity index (χ4n) is 1.74. The number of benzene rings is 1. The highest BCUT2D eigenvalue weighted by Gasteiger charge is 2.28. The molecule has 2 rings (SSSR count). The number of halogens is 1. The van der Waals surface area contributed by atoms with E-state index in [4.69, 9.17) is 11.6 Å². The first-order valence-electron chi connectivity index (χ1n) is 3.96. The topological polar surface area (TPSA) is 23.1 Å². The Morgan fingerprint density at radius 1 is 1.50 bits per heavy atom. The number of hydrogen-bond donors (Lipinski definition) is 0. The second-order valence-corrected chi connectivity index (χ2v) is 3.73. The maximum Gasteiger partial charge on any atom is 0.154 e. The monoisotopic (exact) mass is 183 g/mol. The molecular weight excluding hydrogens is 174 g/mol. The summed E-state index contributed by atoms with van der Waals surface area (Å²) in [6, 6.07) is 5.65. The Balaban J connectivity index is 2.64. The fraction of sp³-hybridized carbons (Fsp3) is 0.333. The van der Waals surface area contributed by atoms with Gasteiger partial charge in [0.25, 0.3) is 0 Å². The van der Waals surface area contributed by atoms with Crippen molar-refractivity contribution in [2.45, 2.75) is 6.42 Å². The van der Waals surface area contributed by atoms with Gasteiger partial charge >= 0.3 is 0 Å². The standard InChI is InChI=1S/C9H10ClNO/c1-11(12)6-5-7-3-2-4-8(10)9(7)11/h2-4H,5-6H2,1H3. The molecule has 2 nitrogen and oxygen atoms in total. The number of hydroxylamine groups is 2. The van der Waals surface area contributed by atoms with Gasteiger partial charge in [0.1, 0.15) is 5.02 Å². The minimum atomic E-state index is -0.324. The first-order valence-corrected chi connectivity index (χ1v) is 4.33. The van der Waals surface area contributed by atoms with E-state index in [1.54, 1.807) is 13.1 Å². The molecule has 64 valence electrons. The smallest absolute Gasteiger partial charge is 0.154 e. The molecular formula is C9H10ClNO. The molecule has 0 aliphatic carbocycles. The van der Waals surface area contributed by atoms with Gasteiger partial charge in [-0.2, -0.15) is 0 Å². The van der Waals surface area contributed by atoms with E-state index in [9.17, 15) is 5.21 Å². The summed E-state index contributed by atoms with van der Waals surface area (Å²) in [4.78, 5) is 0. The van der Waals surface area contributed by atoms with E-state index < -0.39 is 0 Å². The van der Waals surface area contributed by atoms with Crippen LogP contribution in [-0.4, -0.2) is 13.6 Å². The van der Waals surface area contributed by atoms with E-state index >= 15 is 0 Å². The molecule has 0 aromatic heterocycles. The third-order valence-corrected chi connectivity index (χ3v) is 2.66. The number of quaternary nitrogens is 1. The Kier molecular flexibility index (Phi) is 1.65. The van der Waals surface area contributed by atoms with Crippen LogP contribution in [0.15, 0.2) is 18.2 Å². The minimum Gasteiger partial charge on any atom is -0.627 e. The van der Waals surface area contributed by atoms with Gasteiger partial charge in [-0.3, -0.25) is 0 Å². The van der Waals surface area contributed by atoms with Crippen LogP contribution in [0.25, 0.3) is 0 Å². The largest absolute Gasteiger partial charge is 0.627 e. The molecule has 0 spiro atoms. The number of hydrogen-bond acceptors (Lipinski definition) is 1. The van der Waals surface area contributed by atoms with Crippen molar-refractivity contribution in [3.05, 3.63) is 34.0 Å². The molecule has 0 amide bonds. The lowest BCUT2D eigenvalue weighted by atomic mass is 10.2. The average Bonchev–Trinajstić information content (AvgIpc) is 2.29. The molecule has 1 aliphatic heterocycles. The van der Waals surface area contributed by atoms with Crippen molar-refractivity contribution in [1.82, 2.24) is 4.65 Å². The highest BCUT2D eigenvalue weighted by Crippen LogP contribution is 2.38. The molecule has 0 radical (unpaired) electrons. The van der Waals surface area contributed by atoms with Crippen molar-refractivity contribution < 1.29 is 0 Å². The van der Waals surface area contributed by atoms with Crippen LogP contribution in [0.3, 0.4) is 0 Å². The van der Waals surface area contributed by atoms with E-state index in [2.05, 4.69) is 0 Å². The van der Waals surface area contributed by atoms with Gasteiger partial charge in [0.2, 0.25) is 0 Å². The van der Waals surface area contributed by atoms with Crippen molar-refractivity contribution >= 4 is 17.3 Å². The summed E-state index contributed by atoms with van der Waals surface area (Å²) in [5.74, 6) is 0. The Hall–Kier alpha value is -0.570. The maximum absolute atomic E-state index is 11.8. The van der Waals surface area contributed by atoms with Crippen LogP contribution in [0, 0.1) is 5.21 Å². The zero-order valence-electron chi connectivity index (χ0n) is 6.88. The molecule has 0 saturated heterocycles. The van der Waals surface area contributed by atoms with Gasteiger partial charge in [0.15, 0.2) is 5.69 Å². The van der Waals surface area contributed by atoms with Gasteiger partial charge in [0, 0.05) is 12.0 Å². The van der Waals surface area contributed by atoms with Crippen LogP contribution in [0.4, 0.5) is 5.69 Å². The van der Waals surface area contributed by atoms with Crippen LogP contribution in [0.1, 0.15) is 5.56 Å². The molecule has 1 unspecified atom stereocenters. The summed E-state index contributed by atoms with van der Waals surface area (Å²) < 4.78 is -0.324. The van der Waals surface area contributed by atoms with E-state index in [0.717, 1.165) is 17.7 Å². The van der Waals surface area contributed by atoms with E-state index in [0.29, 0.717) is 11.6 Å². The van der Waals surface area contributed by atoms with Crippen molar-refractivity contribution in [2.75, 3.05) is 13.6 Å². The molecule has 0 fully saturated rings. The summed E-state index contributed by atoms with van der Waals surface area (Å²) >= 11 is 5.94. The second kappa shape index (κ2) is 2.46. The molecule has 1 aromatic rings. The van der Waals surface area contributed by atoms with Gasteiger partial charge in [-0.1, -0.05) is 23.7 Å². The van der Waals surface area contributed by atoms with Gasteiger partial charge in [0.05, 0.1) is 13.6 Å². The van der Waals surface area contributed by atoms with Gasteiger partial charge < -0.3 is 9.85 Å². The fourth-order valence-corrected chi connectivity index (χ4v) is 2.11. The zero-order chi connectivity index (χ0) is 8.77. The predicted molar refractivity (Wildman–Crippen MR) is 51.1 cm³/mol. The second-order valence-electron chi connectivity index (χ2n) is 3.32. The third kappa shape index (κ3) is 1.04. The normalized spacial score (nSPS) is 27.2. The van der Waals surface area contributed by atoms with Crippen molar-refractivity contribution in [3.8, 4) is 0 Å². The maximum atomic E-state index is 11.8. The summed E-state index contributed by atoms with van der Waals surface area (Å²) in [7, 11) is 1.65. The Morgan fingerprint density at radius 2 is 2.25 bits per heavy atom. The van der Waals surface area contributed by atoms with Gasteiger partial charge in [-0.15, -0.1) is 0 Å². The van der Waals surface area contributed by atoms with Gasteiger partial charge in [-0.05, 0) is 6.07 Å². The predicted octanol–water partition coefficient (Wildman–Crippen LogP) is 2.33. The molecule has 3 heteroatoms. The molecule has 0 bridgehead atoms. The van der Waals surface area contributed by atoms with Crippen molar-refractivity contribution in [3.63, 3.8) is 0 Å². The summed E-state index contributed by atoms with van der Waals surface area (Å²) in [5, 5.41) is 12.4. The first-order chi connectivity index (χ1) is 5.61. The Labute approximate surface area is 76.5 Å². The van der Waals surface area contributed by atoms with Gasteiger partial charge in [-0.25, -0.2) is 0 Å². The molecule has 0 saturated carbocycles. The highest BCUT2D eigenvalue weighted by atomic mass is 35.5. The average molecular weight is 184 g/mol. The van der Waals surface area contributed by atoms with Crippen LogP contribution in [-0.2, 0) is 6.42 Å². The Bertz CT molecular complexity index is 322. The number of rotatable bonds is 0. The van der Waals surface area contributed by atoms with Crippen LogP contribution >= 0.6 is 11.6 Å². The lowest BCUT2D eigenvalue weighted by Crippen LogP contribution is -2.35. The quantitative estimate of drug-likeness (QED) is 0.447. The van der Waals surface area contributed by atoms with Crippen LogP contribution in [0.5, 0.6) is 0 Å². The summed E-state index contributed by atoms with van der Waals surface area (Å²) in [6.45, 7) is 0.610. The third-order valence-electron chi connectivity index (χ3n) is 2.35. The van der Waals surface area contributed by atoms with E-state index in [-0.39, 0.29) is 4.65 Å². The zero-order valence-corrected chi connectivity index (χ0v) is 7.64. The number of para-hydroxylation sites is 1. The van der Waals surface area contributed by atoms with Crippen LogP contribution < -0.4 is 4.65 Å². The molecule has 1 atom stereocenters. The number of likely N-dealkylation sites (N-methyl/N-ethyl adjacent to an activating group) is 1. The van der Waals surface area contributed by atoms with E-state index in [1.165, 1.54) is 0 Å². The SMILES string of the molecule is C[N+]1([O-])CCc2cccc(Cl)c21. The molecule has 1 aromatic carbocycles. The molecule has 1 aliphatic rings. The lowest BCUT2D eigenvalue weighted by molar-refractivity contribution is 0.483. The van der Waals surface area contributed by atoms with E-state index in [1.807, 2.05) is 12.1 Å². The molecule has 12 heavy (non-hydrogen) atoms. The minimum absolute atomic E-state index is 0.324. The lowest BCUT2D eigenvalue weighted by Gasteiger charge is -2.34. The molecule has 1 heterocycles. The summed E-state index contributed by atoms with van der Waals surface area (Å²) in [5.41, 5.74) is 1.85. The molecule has 0 N–H and O–H groups in total. The van der Waals surface area contributed by atoms with Crippen molar-refractivity contribution in [2.24, 2.45) is 0 Å². The highest BCUT2D eigenvalue weighted by molar-refractivity contribution is 6.33. The van der Waals surface area contributed by atoms with Crippen molar-refractivity contribution in [1.29, 1.82) is 0 Å². The first kappa shape index (κ1) is 8.05. The number of fused-ring (bicyclic) bond motifs is 1. The Morgan fingerprint density at radius 3 is 2.92 bits per heavy atom. The van der Waals surface area contributed by atoms with Crippen LogP contribution in [0.2, 0.25) is 5.02 Å². The summed E-state index contributed by atoms with van der Waals surface area (Å²) in [6.07, 6.45) is 0.843. The number of nitrogens with zero attached hydrogens (tertiary/aromatic N) is 1.